The lowest BCUT2D eigenvalue weighted by atomic mass is 10.1. The molecular formula is C23H18ClN5O3. The number of pyridine rings is 1. The summed E-state index contributed by atoms with van der Waals surface area (Å²) >= 11 is 6.38. The van der Waals surface area contributed by atoms with Crippen LogP contribution in [0.2, 0.25) is 5.02 Å². The molecule has 2 aromatic carbocycles. The van der Waals surface area contributed by atoms with Gasteiger partial charge in [0, 0.05) is 23.9 Å². The van der Waals surface area contributed by atoms with Gasteiger partial charge >= 0.3 is 0 Å². The first-order chi connectivity index (χ1) is 15.5. The lowest BCUT2D eigenvalue weighted by molar-refractivity contribution is 0.0992. The second-order valence-corrected chi connectivity index (χ2v) is 7.14. The van der Waals surface area contributed by atoms with Crippen LogP contribution >= 0.6 is 11.6 Å². The predicted molar refractivity (Wildman–Crippen MR) is 121 cm³/mol. The molecule has 4 aromatic rings. The van der Waals surface area contributed by atoms with Crippen molar-refractivity contribution >= 4 is 29.2 Å². The van der Waals surface area contributed by atoms with Gasteiger partial charge in [-0.1, -0.05) is 35.9 Å². The summed E-state index contributed by atoms with van der Waals surface area (Å²) in [5.74, 6) is -0.463. The Morgan fingerprint density at radius 2 is 1.81 bits per heavy atom. The van der Waals surface area contributed by atoms with Crippen LogP contribution in [0.25, 0.3) is 16.9 Å². The molecule has 4 rings (SSSR count). The number of carbonyl (C=O) groups excluding carboxylic acids is 2. The van der Waals surface area contributed by atoms with E-state index in [2.05, 4.69) is 15.4 Å². The molecule has 0 aliphatic rings. The molecule has 3 N–H and O–H groups in total. The first-order valence-electron chi connectivity index (χ1n) is 9.53. The van der Waals surface area contributed by atoms with Gasteiger partial charge in [-0.25, -0.2) is 4.68 Å². The maximum absolute atomic E-state index is 13.2. The third kappa shape index (κ3) is 4.17. The first-order valence-corrected chi connectivity index (χ1v) is 9.91. The lowest BCUT2D eigenvalue weighted by Crippen LogP contribution is -2.16. The number of methoxy groups -OCH3 is 1. The number of nitrogens with zero attached hydrogens (tertiary/aromatic N) is 3. The number of ether oxygens (including phenoxy) is 1. The normalized spacial score (nSPS) is 10.6. The minimum atomic E-state index is -0.713. The Morgan fingerprint density at radius 3 is 2.47 bits per heavy atom. The number of primary amides is 1. The largest absolute Gasteiger partial charge is 0.496 e. The van der Waals surface area contributed by atoms with Crippen molar-refractivity contribution in [2.24, 2.45) is 5.73 Å². The minimum Gasteiger partial charge on any atom is -0.496 e. The fourth-order valence-electron chi connectivity index (χ4n) is 3.16. The Morgan fingerprint density at radius 1 is 1.06 bits per heavy atom. The second-order valence-electron chi connectivity index (χ2n) is 6.73. The summed E-state index contributed by atoms with van der Waals surface area (Å²) in [4.78, 5) is 29.2. The number of halogens is 1. The van der Waals surface area contributed by atoms with E-state index in [-0.39, 0.29) is 22.1 Å². The molecule has 0 aliphatic carbocycles. The maximum Gasteiger partial charge on any atom is 0.269 e. The zero-order chi connectivity index (χ0) is 22.7. The minimum absolute atomic E-state index is 0.0131. The third-order valence-corrected chi connectivity index (χ3v) is 4.99. The molecule has 0 unspecified atom stereocenters. The highest BCUT2D eigenvalue weighted by molar-refractivity contribution is 6.34. The van der Waals surface area contributed by atoms with E-state index in [4.69, 9.17) is 22.1 Å². The molecule has 32 heavy (non-hydrogen) atoms. The standard InChI is InChI=1S/C23H18ClN5O3/c1-32-20-12-17(24)15(11-16(20)18-9-5-6-10-26-18)23(31)27-21-13-19(22(25)30)28-29(21)14-7-3-2-4-8-14/h2-13H,1H3,(H2,25,30)(H,27,31). The maximum atomic E-state index is 13.2. The quantitative estimate of drug-likeness (QED) is 0.464. The highest BCUT2D eigenvalue weighted by Gasteiger charge is 2.20. The molecule has 0 radical (unpaired) electrons. The van der Waals surface area contributed by atoms with E-state index in [0.29, 0.717) is 22.7 Å². The number of benzene rings is 2. The summed E-state index contributed by atoms with van der Waals surface area (Å²) in [5, 5.41) is 7.17. The average Bonchev–Trinajstić information content (AvgIpc) is 3.24. The van der Waals surface area contributed by atoms with Crippen molar-refractivity contribution in [1.29, 1.82) is 0 Å². The monoisotopic (exact) mass is 447 g/mol. The van der Waals surface area contributed by atoms with Crippen LogP contribution < -0.4 is 15.8 Å². The highest BCUT2D eigenvalue weighted by atomic mass is 35.5. The number of amides is 2. The Hall–Kier alpha value is -4.17. The van der Waals surface area contributed by atoms with Crippen LogP contribution in [0.15, 0.2) is 72.9 Å². The average molecular weight is 448 g/mol. The van der Waals surface area contributed by atoms with Gasteiger partial charge in [-0.15, -0.1) is 0 Å². The molecule has 160 valence electrons. The van der Waals surface area contributed by atoms with E-state index in [1.54, 1.807) is 42.6 Å². The second kappa shape index (κ2) is 8.91. The smallest absolute Gasteiger partial charge is 0.269 e. The number of hydrogen-bond acceptors (Lipinski definition) is 5. The van der Waals surface area contributed by atoms with Crippen molar-refractivity contribution in [2.75, 3.05) is 12.4 Å². The summed E-state index contributed by atoms with van der Waals surface area (Å²) in [6.45, 7) is 0. The predicted octanol–water partition coefficient (Wildman–Crippen LogP) is 3.95. The summed E-state index contributed by atoms with van der Waals surface area (Å²) in [6.07, 6.45) is 1.65. The van der Waals surface area contributed by atoms with E-state index in [9.17, 15) is 9.59 Å². The van der Waals surface area contributed by atoms with Crippen molar-refractivity contribution in [3.05, 3.63) is 89.2 Å². The van der Waals surface area contributed by atoms with Crippen molar-refractivity contribution in [2.45, 2.75) is 0 Å². The molecule has 2 heterocycles. The molecule has 9 heteroatoms. The van der Waals surface area contributed by atoms with Crippen molar-refractivity contribution < 1.29 is 14.3 Å². The van der Waals surface area contributed by atoms with Gasteiger partial charge in [0.25, 0.3) is 11.8 Å². The van der Waals surface area contributed by atoms with Crippen LogP contribution in [0.4, 0.5) is 5.82 Å². The number of nitrogens with two attached hydrogens (primary N) is 1. The SMILES string of the molecule is COc1cc(Cl)c(C(=O)Nc2cc(C(N)=O)nn2-c2ccccc2)cc1-c1ccccn1. The molecule has 2 amide bonds. The lowest BCUT2D eigenvalue weighted by Gasteiger charge is -2.13. The van der Waals surface area contributed by atoms with Crippen LogP contribution in [0.1, 0.15) is 20.8 Å². The molecular weight excluding hydrogens is 430 g/mol. The number of aromatic nitrogens is 3. The van der Waals surface area contributed by atoms with E-state index in [1.165, 1.54) is 17.9 Å². The van der Waals surface area contributed by atoms with Gasteiger partial charge in [0.2, 0.25) is 0 Å². The zero-order valence-corrected chi connectivity index (χ0v) is 17.7. The van der Waals surface area contributed by atoms with Crippen molar-refractivity contribution in [3.63, 3.8) is 0 Å². The fraction of sp³-hybridized carbons (Fsp3) is 0.0435. The molecule has 0 bridgehead atoms. The van der Waals surface area contributed by atoms with Crippen molar-refractivity contribution in [1.82, 2.24) is 14.8 Å². The van der Waals surface area contributed by atoms with Gasteiger partial charge < -0.3 is 15.8 Å². The number of nitrogens with one attached hydrogen (secondary N) is 1. The van der Waals surface area contributed by atoms with Crippen LogP contribution in [0.5, 0.6) is 5.75 Å². The van der Waals surface area contributed by atoms with Gasteiger partial charge in [0.05, 0.1) is 29.1 Å². The molecule has 0 aliphatic heterocycles. The fourth-order valence-corrected chi connectivity index (χ4v) is 3.40. The van der Waals surface area contributed by atoms with Gasteiger partial charge in [0.1, 0.15) is 11.6 Å². The number of rotatable bonds is 6. The Labute approximate surface area is 188 Å². The Balaban J connectivity index is 1.74. The summed E-state index contributed by atoms with van der Waals surface area (Å²) in [6, 6.07) is 19.0. The van der Waals surface area contributed by atoms with Crippen LogP contribution in [0, 0.1) is 0 Å². The molecule has 0 fully saturated rings. The zero-order valence-electron chi connectivity index (χ0n) is 16.9. The number of hydrogen-bond donors (Lipinski definition) is 2. The van der Waals surface area contributed by atoms with Gasteiger partial charge in [-0.2, -0.15) is 5.10 Å². The molecule has 2 aromatic heterocycles. The van der Waals surface area contributed by atoms with Crippen molar-refractivity contribution in [3.8, 4) is 22.7 Å². The summed E-state index contributed by atoms with van der Waals surface area (Å²) in [7, 11) is 1.52. The third-order valence-electron chi connectivity index (χ3n) is 4.68. The van der Waals surface area contributed by atoms with E-state index in [0.717, 1.165) is 0 Å². The first kappa shape index (κ1) is 21.1. The number of carbonyl (C=O) groups is 2. The molecule has 0 spiro atoms. The molecule has 0 saturated carbocycles. The van der Waals surface area contributed by atoms with Gasteiger partial charge in [0.15, 0.2) is 5.69 Å². The van der Waals surface area contributed by atoms with E-state index >= 15 is 0 Å². The van der Waals surface area contributed by atoms with Gasteiger partial charge in [-0.3, -0.25) is 14.6 Å². The van der Waals surface area contributed by atoms with Crippen LogP contribution in [-0.2, 0) is 0 Å². The molecule has 8 nitrogen and oxygen atoms in total. The van der Waals surface area contributed by atoms with E-state index < -0.39 is 11.8 Å². The van der Waals surface area contributed by atoms with Crippen LogP contribution in [0.3, 0.4) is 0 Å². The topological polar surface area (TPSA) is 112 Å². The number of para-hydroxylation sites is 1. The Kier molecular flexibility index (Phi) is 5.87. The molecule has 0 atom stereocenters. The number of anilines is 1. The van der Waals surface area contributed by atoms with E-state index in [1.807, 2.05) is 24.3 Å². The van der Waals surface area contributed by atoms with Gasteiger partial charge in [-0.05, 0) is 30.3 Å². The highest BCUT2D eigenvalue weighted by Crippen LogP contribution is 2.34. The summed E-state index contributed by atoms with van der Waals surface area (Å²) in [5.41, 5.74) is 7.48. The summed E-state index contributed by atoms with van der Waals surface area (Å²) < 4.78 is 6.84. The molecule has 0 saturated heterocycles. The van der Waals surface area contributed by atoms with Crippen LogP contribution in [-0.4, -0.2) is 33.7 Å². The Bertz CT molecular complexity index is 1290.